The van der Waals surface area contributed by atoms with Crippen molar-refractivity contribution in [2.75, 3.05) is 40.4 Å². The molecule has 0 saturated heterocycles. The number of carbonyl (C=O) groups is 2. The lowest BCUT2D eigenvalue weighted by Crippen LogP contribution is -2.20. The van der Waals surface area contributed by atoms with Crippen molar-refractivity contribution in [3.8, 4) is 34.5 Å². The van der Waals surface area contributed by atoms with Crippen LogP contribution in [0.2, 0.25) is 0 Å². The van der Waals surface area contributed by atoms with Gasteiger partial charge in [-0.3, -0.25) is 9.59 Å². The van der Waals surface area contributed by atoms with Gasteiger partial charge in [0.05, 0.1) is 34.0 Å². The number of fused-ring (bicyclic) bond motifs is 1. The van der Waals surface area contributed by atoms with Crippen LogP contribution in [0.5, 0.6) is 34.5 Å². The van der Waals surface area contributed by atoms with Gasteiger partial charge in [-0.05, 0) is 48.0 Å². The molecule has 0 spiro atoms. The Morgan fingerprint density at radius 3 is 2.31 bits per heavy atom. The van der Waals surface area contributed by atoms with Gasteiger partial charge in [-0.2, -0.15) is 0 Å². The molecule has 0 atom stereocenters. The second-order valence-electron chi connectivity index (χ2n) is 7.63. The molecule has 0 saturated carbocycles. The zero-order valence-electron chi connectivity index (χ0n) is 20.2. The number of methoxy groups -OCH3 is 4. The first-order chi connectivity index (χ1) is 17.4. The van der Waals surface area contributed by atoms with Crippen LogP contribution in [0.15, 0.2) is 60.4 Å². The topological polar surface area (TPSA) is 102 Å². The summed E-state index contributed by atoms with van der Waals surface area (Å²) in [6.45, 7) is -0.224. The lowest BCUT2D eigenvalue weighted by molar-refractivity contribution is -0.118. The molecule has 9 heteroatoms. The largest absolute Gasteiger partial charge is 0.497 e. The SMILES string of the molecule is COc1cccc(NC(=O)COc2ccc3c(c2)OC(=Cc2cc(OC)c(OC)c(OC)c2)C3=O)c1. The van der Waals surface area contributed by atoms with Gasteiger partial charge in [0.1, 0.15) is 17.2 Å². The summed E-state index contributed by atoms with van der Waals surface area (Å²) in [6, 6.07) is 15.2. The van der Waals surface area contributed by atoms with E-state index >= 15 is 0 Å². The number of Topliss-reactive ketones (excluding diaryl/α,β-unsaturated/α-hetero) is 1. The summed E-state index contributed by atoms with van der Waals surface area (Å²) in [5.41, 5.74) is 1.61. The van der Waals surface area contributed by atoms with Crippen LogP contribution in [0.3, 0.4) is 0 Å². The van der Waals surface area contributed by atoms with Crippen LogP contribution in [0.25, 0.3) is 6.08 Å². The van der Waals surface area contributed by atoms with Gasteiger partial charge in [-0.25, -0.2) is 0 Å². The predicted octanol–water partition coefficient (Wildman–Crippen LogP) is 4.35. The zero-order chi connectivity index (χ0) is 25.7. The van der Waals surface area contributed by atoms with Crippen molar-refractivity contribution in [3.63, 3.8) is 0 Å². The van der Waals surface area contributed by atoms with Gasteiger partial charge in [-0.1, -0.05) is 6.07 Å². The molecule has 1 heterocycles. The Morgan fingerprint density at radius 1 is 0.889 bits per heavy atom. The summed E-state index contributed by atoms with van der Waals surface area (Å²) < 4.78 is 32.6. The van der Waals surface area contributed by atoms with Crippen LogP contribution in [0.1, 0.15) is 15.9 Å². The van der Waals surface area contributed by atoms with E-state index in [-0.39, 0.29) is 24.1 Å². The summed E-state index contributed by atoms with van der Waals surface area (Å²) in [7, 11) is 6.09. The highest BCUT2D eigenvalue weighted by Crippen LogP contribution is 2.40. The summed E-state index contributed by atoms with van der Waals surface area (Å²) in [4.78, 5) is 25.1. The van der Waals surface area contributed by atoms with E-state index in [4.69, 9.17) is 28.4 Å². The fourth-order valence-corrected chi connectivity index (χ4v) is 3.64. The number of nitrogens with one attached hydrogen (secondary N) is 1. The maximum atomic E-state index is 12.9. The first-order valence-corrected chi connectivity index (χ1v) is 10.9. The second-order valence-corrected chi connectivity index (χ2v) is 7.63. The van der Waals surface area contributed by atoms with Gasteiger partial charge in [0.15, 0.2) is 23.9 Å². The molecule has 3 aromatic rings. The van der Waals surface area contributed by atoms with Crippen molar-refractivity contribution in [1.82, 2.24) is 0 Å². The van der Waals surface area contributed by atoms with Crippen LogP contribution in [-0.2, 0) is 4.79 Å². The molecule has 0 fully saturated rings. The van der Waals surface area contributed by atoms with Crippen LogP contribution in [-0.4, -0.2) is 46.7 Å². The quantitative estimate of drug-likeness (QED) is 0.441. The van der Waals surface area contributed by atoms with Crippen LogP contribution >= 0.6 is 0 Å². The lowest BCUT2D eigenvalue weighted by Gasteiger charge is -2.13. The van der Waals surface area contributed by atoms with E-state index in [1.54, 1.807) is 67.8 Å². The first-order valence-electron chi connectivity index (χ1n) is 10.9. The molecule has 0 aromatic heterocycles. The van der Waals surface area contributed by atoms with Gasteiger partial charge in [0, 0.05) is 17.8 Å². The molecule has 36 heavy (non-hydrogen) atoms. The molecule has 0 unspecified atom stereocenters. The molecule has 0 radical (unpaired) electrons. The molecule has 1 amide bonds. The summed E-state index contributed by atoms with van der Waals surface area (Å²) in [6.07, 6.45) is 1.59. The molecule has 1 aliphatic rings. The molecule has 1 aliphatic heterocycles. The number of amides is 1. The van der Waals surface area contributed by atoms with Gasteiger partial charge in [0.25, 0.3) is 5.91 Å². The van der Waals surface area contributed by atoms with Crippen LogP contribution in [0.4, 0.5) is 5.69 Å². The Hall–Kier alpha value is -4.66. The Bertz CT molecular complexity index is 1310. The van der Waals surface area contributed by atoms with E-state index in [9.17, 15) is 9.59 Å². The van der Waals surface area contributed by atoms with Gasteiger partial charge >= 0.3 is 0 Å². The monoisotopic (exact) mass is 491 g/mol. The third kappa shape index (κ3) is 5.20. The van der Waals surface area contributed by atoms with E-state index in [0.717, 1.165) is 0 Å². The van der Waals surface area contributed by atoms with Crippen LogP contribution in [0, 0.1) is 0 Å². The second kappa shape index (κ2) is 10.7. The van der Waals surface area contributed by atoms with E-state index in [0.29, 0.717) is 51.3 Å². The fraction of sp³-hybridized carbons (Fsp3) is 0.185. The van der Waals surface area contributed by atoms with E-state index in [2.05, 4.69) is 5.32 Å². The van der Waals surface area contributed by atoms with Gasteiger partial charge in [-0.15, -0.1) is 0 Å². The van der Waals surface area contributed by atoms with E-state index < -0.39 is 0 Å². The Balaban J connectivity index is 1.46. The van der Waals surface area contributed by atoms with Crippen molar-refractivity contribution in [3.05, 3.63) is 71.5 Å². The normalized spacial score (nSPS) is 13.0. The van der Waals surface area contributed by atoms with E-state index in [1.165, 1.54) is 21.3 Å². The third-order valence-corrected chi connectivity index (χ3v) is 5.35. The zero-order valence-corrected chi connectivity index (χ0v) is 20.2. The molecule has 1 N–H and O–H groups in total. The number of hydrogen-bond donors (Lipinski definition) is 1. The highest BCUT2D eigenvalue weighted by Gasteiger charge is 2.28. The number of allylic oxidation sites excluding steroid dienone is 1. The number of rotatable bonds is 9. The minimum Gasteiger partial charge on any atom is -0.497 e. The molecule has 0 aliphatic carbocycles. The molecule has 186 valence electrons. The fourth-order valence-electron chi connectivity index (χ4n) is 3.64. The lowest BCUT2D eigenvalue weighted by atomic mass is 10.1. The Labute approximate surface area is 208 Å². The highest BCUT2D eigenvalue weighted by atomic mass is 16.5. The Kier molecular flexibility index (Phi) is 7.29. The third-order valence-electron chi connectivity index (χ3n) is 5.35. The molecule has 0 bridgehead atoms. The summed E-state index contributed by atoms with van der Waals surface area (Å²) in [5, 5.41) is 2.74. The number of ketones is 1. The van der Waals surface area contributed by atoms with E-state index in [1.807, 2.05) is 0 Å². The average molecular weight is 491 g/mol. The minimum atomic E-state index is -0.344. The molecule has 4 rings (SSSR count). The maximum absolute atomic E-state index is 12.9. The number of hydrogen-bond acceptors (Lipinski definition) is 8. The number of benzene rings is 3. The van der Waals surface area contributed by atoms with Gasteiger partial charge in [0.2, 0.25) is 11.5 Å². The van der Waals surface area contributed by atoms with Crippen molar-refractivity contribution < 1.29 is 38.0 Å². The first kappa shape index (κ1) is 24.5. The summed E-state index contributed by atoms with van der Waals surface area (Å²) >= 11 is 0. The maximum Gasteiger partial charge on any atom is 0.262 e. The number of anilines is 1. The Morgan fingerprint density at radius 2 is 1.64 bits per heavy atom. The molecular formula is C27H25NO8. The molecule has 9 nitrogen and oxygen atoms in total. The van der Waals surface area contributed by atoms with Crippen molar-refractivity contribution in [1.29, 1.82) is 0 Å². The van der Waals surface area contributed by atoms with Crippen molar-refractivity contribution in [2.24, 2.45) is 0 Å². The van der Waals surface area contributed by atoms with Crippen LogP contribution < -0.4 is 33.7 Å². The molecular weight excluding hydrogens is 466 g/mol. The highest BCUT2D eigenvalue weighted by molar-refractivity contribution is 6.14. The number of carbonyl (C=O) groups excluding carboxylic acids is 2. The molecule has 3 aromatic carbocycles. The van der Waals surface area contributed by atoms with Crippen molar-refractivity contribution in [2.45, 2.75) is 0 Å². The smallest absolute Gasteiger partial charge is 0.262 e. The predicted molar refractivity (Wildman–Crippen MR) is 133 cm³/mol. The minimum absolute atomic E-state index is 0.132. The standard InChI is InChI=1S/C27H25NO8/c1-31-18-7-5-6-17(13-18)28-25(29)15-35-19-8-9-20-21(14-19)36-22(26(20)30)10-16-11-23(32-2)27(34-4)24(12-16)33-3/h5-14H,15H2,1-4H3,(H,28,29). The van der Waals surface area contributed by atoms with Gasteiger partial charge < -0.3 is 33.7 Å². The average Bonchev–Trinajstić information content (AvgIpc) is 3.20. The summed E-state index contributed by atoms with van der Waals surface area (Å²) in [5.74, 6) is 2.22. The number of ether oxygens (including phenoxy) is 6. The van der Waals surface area contributed by atoms with Crippen molar-refractivity contribution >= 4 is 23.5 Å².